The summed E-state index contributed by atoms with van der Waals surface area (Å²) < 4.78 is 13.7. The van der Waals surface area contributed by atoms with Crippen molar-refractivity contribution in [1.29, 1.82) is 0 Å². The van der Waals surface area contributed by atoms with E-state index in [9.17, 15) is 9.18 Å². The third-order valence-electron chi connectivity index (χ3n) is 3.63. The van der Waals surface area contributed by atoms with E-state index in [1.165, 1.54) is 17.4 Å². The van der Waals surface area contributed by atoms with Crippen LogP contribution in [0.3, 0.4) is 0 Å². The van der Waals surface area contributed by atoms with E-state index in [4.69, 9.17) is 5.73 Å². The molecule has 2 rings (SSSR count). The molecule has 1 aromatic heterocycles. The quantitative estimate of drug-likeness (QED) is 0.860. The summed E-state index contributed by atoms with van der Waals surface area (Å²) in [6.07, 6.45) is 0.467. The average Bonchev–Trinajstić information content (AvgIpc) is 2.80. The van der Waals surface area contributed by atoms with Crippen LogP contribution in [0.1, 0.15) is 30.0 Å². The summed E-state index contributed by atoms with van der Waals surface area (Å²) in [5.74, 6) is -0.674. The highest BCUT2D eigenvalue weighted by molar-refractivity contribution is 7.15. The number of nitrogens with zero attached hydrogens (tertiary/aromatic N) is 1. The first kappa shape index (κ1) is 19.5. The molecule has 0 aliphatic heterocycles. The summed E-state index contributed by atoms with van der Waals surface area (Å²) in [4.78, 5) is 17.3. The van der Waals surface area contributed by atoms with Gasteiger partial charge in [-0.2, -0.15) is 0 Å². The maximum atomic E-state index is 13.7. The predicted octanol–water partition coefficient (Wildman–Crippen LogP) is 3.53. The second-order valence-electron chi connectivity index (χ2n) is 5.43. The number of nitrogens with one attached hydrogen (secondary N) is 1. The topological polar surface area (TPSA) is 68.0 Å². The molecule has 0 spiro atoms. The lowest BCUT2D eigenvalue weighted by molar-refractivity contribution is -0.119. The van der Waals surface area contributed by atoms with Crippen molar-refractivity contribution < 1.29 is 9.18 Å². The molecule has 2 aromatic rings. The molecule has 0 saturated heterocycles. The Labute approximate surface area is 145 Å². The van der Waals surface area contributed by atoms with Crippen LogP contribution in [-0.4, -0.2) is 16.9 Å². The minimum atomic E-state index is -0.292. The summed E-state index contributed by atoms with van der Waals surface area (Å²) in [5, 5.41) is 3.31. The maximum Gasteiger partial charge on any atom is 0.230 e. The van der Waals surface area contributed by atoms with Gasteiger partial charge in [0.25, 0.3) is 0 Å². The van der Waals surface area contributed by atoms with E-state index in [-0.39, 0.29) is 36.1 Å². The van der Waals surface area contributed by atoms with Crippen LogP contribution in [0, 0.1) is 18.7 Å². The van der Waals surface area contributed by atoms with Crippen LogP contribution in [-0.2, 0) is 11.2 Å². The Bertz CT molecular complexity index is 675. The Kier molecular flexibility index (Phi) is 7.12. The van der Waals surface area contributed by atoms with Gasteiger partial charge < -0.3 is 11.1 Å². The van der Waals surface area contributed by atoms with Crippen molar-refractivity contribution in [3.63, 3.8) is 0 Å². The summed E-state index contributed by atoms with van der Waals surface area (Å²) in [6, 6.07) is 6.45. The molecule has 3 N–H and O–H groups in total. The van der Waals surface area contributed by atoms with Gasteiger partial charge in [-0.25, -0.2) is 9.37 Å². The van der Waals surface area contributed by atoms with E-state index in [2.05, 4.69) is 10.3 Å². The molecule has 0 radical (unpaired) electrons. The fourth-order valence-electron chi connectivity index (χ4n) is 1.92. The molecule has 0 fully saturated rings. The van der Waals surface area contributed by atoms with E-state index < -0.39 is 0 Å². The fourth-order valence-corrected chi connectivity index (χ4v) is 2.91. The monoisotopic (exact) mass is 357 g/mol. The first-order valence-electron chi connectivity index (χ1n) is 7.14. The Balaban J connectivity index is 0.00000264. The van der Waals surface area contributed by atoms with Crippen molar-refractivity contribution in [2.45, 2.75) is 33.2 Å². The summed E-state index contributed by atoms with van der Waals surface area (Å²) >= 11 is 1.37. The van der Waals surface area contributed by atoms with Crippen LogP contribution in [0.25, 0.3) is 0 Å². The van der Waals surface area contributed by atoms with Gasteiger partial charge in [0.2, 0.25) is 5.91 Å². The van der Waals surface area contributed by atoms with Crippen molar-refractivity contribution in [3.05, 3.63) is 46.2 Å². The molecule has 2 unspecified atom stereocenters. The normalized spacial score (nSPS) is 13.1. The van der Waals surface area contributed by atoms with Gasteiger partial charge in [0.1, 0.15) is 5.82 Å². The number of rotatable bonds is 5. The first-order valence-corrected chi connectivity index (χ1v) is 7.96. The molecular formula is C16H21ClFN3OS. The molecule has 0 saturated carbocycles. The molecule has 7 heteroatoms. The molecule has 1 heterocycles. The zero-order valence-electron chi connectivity index (χ0n) is 13.3. The molecule has 126 valence electrons. The highest BCUT2D eigenvalue weighted by atomic mass is 35.5. The number of carbonyl (C=O) groups is 1. The lowest BCUT2D eigenvalue weighted by Crippen LogP contribution is -2.34. The van der Waals surface area contributed by atoms with E-state index >= 15 is 0 Å². The summed E-state index contributed by atoms with van der Waals surface area (Å²) in [6.45, 7) is 5.43. The van der Waals surface area contributed by atoms with Gasteiger partial charge in [-0.1, -0.05) is 25.1 Å². The van der Waals surface area contributed by atoms with E-state index in [1.807, 2.05) is 13.0 Å². The van der Waals surface area contributed by atoms with Crippen LogP contribution >= 0.6 is 23.7 Å². The Morgan fingerprint density at radius 3 is 2.65 bits per heavy atom. The number of benzene rings is 1. The van der Waals surface area contributed by atoms with Gasteiger partial charge in [0.15, 0.2) is 5.13 Å². The van der Waals surface area contributed by atoms with Crippen molar-refractivity contribution in [2.24, 2.45) is 11.7 Å². The standard InChI is InChI=1S/C16H20FN3OS.ClH/c1-9(10(2)18)15(21)20-16-19-11(3)14(22-16)8-12-6-4-5-7-13(12)17;/h4-7,9-10H,8,18H2,1-3H3,(H,19,20,21);1H. The van der Waals surface area contributed by atoms with Crippen LogP contribution in [0.15, 0.2) is 24.3 Å². The summed E-state index contributed by atoms with van der Waals surface area (Å²) in [5.41, 5.74) is 7.15. The van der Waals surface area contributed by atoms with E-state index in [0.717, 1.165) is 10.6 Å². The molecule has 23 heavy (non-hydrogen) atoms. The van der Waals surface area contributed by atoms with Crippen molar-refractivity contribution in [1.82, 2.24) is 4.98 Å². The molecule has 2 atom stereocenters. The number of anilines is 1. The largest absolute Gasteiger partial charge is 0.327 e. The number of hydrogen-bond donors (Lipinski definition) is 2. The van der Waals surface area contributed by atoms with Gasteiger partial charge in [0, 0.05) is 17.3 Å². The van der Waals surface area contributed by atoms with Gasteiger partial charge in [-0.15, -0.1) is 23.7 Å². The van der Waals surface area contributed by atoms with Crippen LogP contribution < -0.4 is 11.1 Å². The zero-order valence-corrected chi connectivity index (χ0v) is 14.9. The van der Waals surface area contributed by atoms with Crippen molar-refractivity contribution >= 4 is 34.8 Å². The molecule has 1 aromatic carbocycles. The Hall–Kier alpha value is -1.50. The Morgan fingerprint density at radius 2 is 2.04 bits per heavy atom. The molecule has 4 nitrogen and oxygen atoms in total. The minimum Gasteiger partial charge on any atom is -0.327 e. The first-order chi connectivity index (χ1) is 10.4. The van der Waals surface area contributed by atoms with Crippen molar-refractivity contribution in [3.8, 4) is 0 Å². The molecular weight excluding hydrogens is 337 g/mol. The summed E-state index contributed by atoms with van der Waals surface area (Å²) in [7, 11) is 0. The second-order valence-corrected chi connectivity index (χ2v) is 6.52. The molecule has 1 amide bonds. The highest BCUT2D eigenvalue weighted by Gasteiger charge is 2.19. The average molecular weight is 358 g/mol. The third kappa shape index (κ3) is 4.99. The fraction of sp³-hybridized carbons (Fsp3) is 0.375. The second kappa shape index (κ2) is 8.38. The minimum absolute atomic E-state index is 0. The Morgan fingerprint density at radius 1 is 1.39 bits per heavy atom. The number of nitrogens with two attached hydrogens (primary N) is 1. The van der Waals surface area contributed by atoms with Crippen LogP contribution in [0.4, 0.5) is 9.52 Å². The third-order valence-corrected chi connectivity index (χ3v) is 4.71. The smallest absolute Gasteiger partial charge is 0.230 e. The number of thiazole rings is 1. The maximum absolute atomic E-state index is 13.7. The van der Waals surface area contributed by atoms with Gasteiger partial charge in [0.05, 0.1) is 11.6 Å². The van der Waals surface area contributed by atoms with Crippen molar-refractivity contribution in [2.75, 3.05) is 5.32 Å². The number of carbonyl (C=O) groups excluding carboxylic acids is 1. The van der Waals surface area contributed by atoms with E-state index in [0.29, 0.717) is 17.1 Å². The van der Waals surface area contributed by atoms with E-state index in [1.54, 1.807) is 26.0 Å². The molecule has 0 aliphatic rings. The predicted molar refractivity (Wildman–Crippen MR) is 94.7 cm³/mol. The van der Waals surface area contributed by atoms with Gasteiger partial charge in [-0.05, 0) is 25.5 Å². The zero-order chi connectivity index (χ0) is 16.3. The lowest BCUT2D eigenvalue weighted by atomic mass is 10.0. The SMILES string of the molecule is Cc1nc(NC(=O)C(C)C(C)N)sc1Cc1ccccc1F.Cl. The van der Waals surface area contributed by atoms with Gasteiger partial charge >= 0.3 is 0 Å². The van der Waals surface area contributed by atoms with Crippen LogP contribution in [0.5, 0.6) is 0 Å². The number of halogens is 2. The lowest BCUT2D eigenvalue weighted by Gasteiger charge is -2.13. The number of aromatic nitrogens is 1. The molecule has 0 aliphatic carbocycles. The number of aryl methyl sites for hydroxylation is 1. The number of amides is 1. The highest BCUT2D eigenvalue weighted by Crippen LogP contribution is 2.26. The number of hydrogen-bond acceptors (Lipinski definition) is 4. The van der Waals surface area contributed by atoms with Crippen LogP contribution in [0.2, 0.25) is 0 Å². The molecule has 0 bridgehead atoms. The van der Waals surface area contributed by atoms with Gasteiger partial charge in [-0.3, -0.25) is 4.79 Å².